The van der Waals surface area contributed by atoms with Crippen molar-refractivity contribution in [3.63, 3.8) is 0 Å². The Balaban J connectivity index is 1.62. The molecular formula is C27H31FN2O3S2. The van der Waals surface area contributed by atoms with E-state index in [4.69, 9.17) is 0 Å². The molecule has 5 nitrogen and oxygen atoms in total. The van der Waals surface area contributed by atoms with Crippen molar-refractivity contribution in [2.24, 2.45) is 0 Å². The van der Waals surface area contributed by atoms with E-state index in [0.717, 1.165) is 29.8 Å². The average molecular weight is 515 g/mol. The fourth-order valence-electron chi connectivity index (χ4n) is 5.02. The molecule has 1 fully saturated rings. The summed E-state index contributed by atoms with van der Waals surface area (Å²) in [6.45, 7) is 9.69. The van der Waals surface area contributed by atoms with Gasteiger partial charge in [-0.2, -0.15) is 0 Å². The minimum atomic E-state index is -4.05. The molecule has 0 amide bonds. The Morgan fingerprint density at radius 3 is 2.46 bits per heavy atom. The van der Waals surface area contributed by atoms with Gasteiger partial charge >= 0.3 is 0 Å². The summed E-state index contributed by atoms with van der Waals surface area (Å²) in [5, 5.41) is 1.69. The maximum Gasteiger partial charge on any atom is 0.262 e. The Hall–Kier alpha value is -2.71. The summed E-state index contributed by atoms with van der Waals surface area (Å²) in [5.74, 6) is -0.738. The molecular weight excluding hydrogens is 483 g/mol. The maximum atomic E-state index is 14.0. The first-order valence-electron chi connectivity index (χ1n) is 11.8. The molecule has 0 radical (unpaired) electrons. The third kappa shape index (κ3) is 5.14. The van der Waals surface area contributed by atoms with Crippen LogP contribution in [0.15, 0.2) is 40.6 Å². The number of anilines is 2. The van der Waals surface area contributed by atoms with E-state index in [1.165, 1.54) is 67.0 Å². The fourth-order valence-corrected chi connectivity index (χ4v) is 7.20. The van der Waals surface area contributed by atoms with Crippen LogP contribution >= 0.6 is 11.3 Å². The molecule has 0 saturated carbocycles. The number of thiophene rings is 1. The number of hydrogen-bond acceptors (Lipinski definition) is 5. The molecule has 2 heterocycles. The molecule has 0 atom stereocenters. The number of carbonyl (C=O) groups is 1. The Kier molecular flexibility index (Phi) is 7.33. The molecule has 1 aliphatic heterocycles. The van der Waals surface area contributed by atoms with Crippen LogP contribution in [0.5, 0.6) is 0 Å². The van der Waals surface area contributed by atoms with E-state index >= 15 is 0 Å². The molecule has 8 heteroatoms. The summed E-state index contributed by atoms with van der Waals surface area (Å²) in [5.41, 5.74) is 5.86. The van der Waals surface area contributed by atoms with Crippen LogP contribution in [0.1, 0.15) is 56.8 Å². The van der Waals surface area contributed by atoms with Gasteiger partial charge in [0.05, 0.1) is 15.5 Å². The number of rotatable bonds is 7. The van der Waals surface area contributed by atoms with Gasteiger partial charge in [0.1, 0.15) is 5.82 Å². The van der Waals surface area contributed by atoms with Crippen molar-refractivity contribution in [1.29, 1.82) is 0 Å². The molecule has 1 aromatic heterocycles. The summed E-state index contributed by atoms with van der Waals surface area (Å²) in [7, 11) is -4.05. The van der Waals surface area contributed by atoms with Crippen LogP contribution in [0.4, 0.5) is 15.8 Å². The van der Waals surface area contributed by atoms with E-state index in [1.807, 2.05) is 6.92 Å². The van der Waals surface area contributed by atoms with Gasteiger partial charge in [0.15, 0.2) is 5.78 Å². The lowest BCUT2D eigenvalue weighted by Gasteiger charge is -2.33. The topological polar surface area (TPSA) is 66.5 Å². The van der Waals surface area contributed by atoms with Gasteiger partial charge in [-0.15, -0.1) is 11.3 Å². The number of halogens is 1. The molecule has 0 bridgehead atoms. The number of ketones is 1. The smallest absolute Gasteiger partial charge is 0.262 e. The second kappa shape index (κ2) is 10.1. The zero-order valence-electron chi connectivity index (χ0n) is 20.6. The lowest BCUT2D eigenvalue weighted by molar-refractivity contribution is 0.0997. The first-order chi connectivity index (χ1) is 16.6. The Morgan fingerprint density at radius 2 is 1.74 bits per heavy atom. The highest BCUT2D eigenvalue weighted by Crippen LogP contribution is 2.34. The van der Waals surface area contributed by atoms with Crippen molar-refractivity contribution in [1.82, 2.24) is 0 Å². The van der Waals surface area contributed by atoms with Gasteiger partial charge in [-0.25, -0.2) is 12.8 Å². The van der Waals surface area contributed by atoms with Crippen LogP contribution in [0.25, 0.3) is 0 Å². The number of Topliss-reactive ketones (excluding diaryl/α,β-unsaturated/α-hetero) is 1. The second-order valence-corrected chi connectivity index (χ2v) is 11.8. The summed E-state index contributed by atoms with van der Waals surface area (Å²) < 4.78 is 42.4. The Bertz CT molecular complexity index is 1370. The minimum absolute atomic E-state index is 0.0410. The summed E-state index contributed by atoms with van der Waals surface area (Å²) >= 11 is 1.21. The molecule has 35 heavy (non-hydrogen) atoms. The van der Waals surface area contributed by atoms with Crippen LogP contribution in [0, 0.1) is 33.5 Å². The molecule has 4 rings (SSSR count). The maximum absolute atomic E-state index is 14.0. The molecule has 2 aromatic carbocycles. The standard InChI is InChI=1S/C27H31FN2O3S2/c1-17-15-18(2)26(30-12-6-5-7-13-30)19(3)21(17)16-24(31)27-23(11-14-34-27)29-35(32,33)25-10-8-9-22(28)20(25)4/h8-11,14-15,29H,5-7,12-13,16H2,1-4H3. The fraction of sp³-hybridized carbons (Fsp3) is 0.370. The minimum Gasteiger partial charge on any atom is -0.371 e. The predicted octanol–water partition coefficient (Wildman–Crippen LogP) is 6.34. The van der Waals surface area contributed by atoms with Gasteiger partial charge in [0, 0.05) is 30.8 Å². The van der Waals surface area contributed by atoms with E-state index in [2.05, 4.69) is 29.5 Å². The lowest BCUT2D eigenvalue weighted by Crippen LogP contribution is -2.31. The SMILES string of the molecule is Cc1cc(C)c(N2CCCCC2)c(C)c1CC(=O)c1sccc1NS(=O)(=O)c1cccc(F)c1C. The molecule has 186 valence electrons. The van der Waals surface area contributed by atoms with Gasteiger partial charge in [-0.1, -0.05) is 12.1 Å². The quantitative estimate of drug-likeness (QED) is 0.374. The first kappa shape index (κ1) is 25.4. The molecule has 3 aromatic rings. The molecule has 0 unspecified atom stereocenters. The first-order valence-corrected chi connectivity index (χ1v) is 14.2. The number of piperidine rings is 1. The third-order valence-corrected chi connectivity index (χ3v) is 9.24. The zero-order chi connectivity index (χ0) is 25.3. The zero-order valence-corrected chi connectivity index (χ0v) is 22.2. The van der Waals surface area contributed by atoms with Crippen LogP contribution < -0.4 is 9.62 Å². The van der Waals surface area contributed by atoms with Crippen molar-refractivity contribution in [2.75, 3.05) is 22.7 Å². The van der Waals surface area contributed by atoms with Crippen LogP contribution in [0.2, 0.25) is 0 Å². The average Bonchev–Trinajstić information content (AvgIpc) is 3.26. The van der Waals surface area contributed by atoms with E-state index in [1.54, 1.807) is 11.4 Å². The number of aryl methyl sites for hydroxylation is 2. The number of benzene rings is 2. The summed E-state index contributed by atoms with van der Waals surface area (Å²) in [6, 6.07) is 7.66. The number of sulfonamides is 1. The van der Waals surface area contributed by atoms with E-state index in [-0.39, 0.29) is 28.4 Å². The van der Waals surface area contributed by atoms with Crippen molar-refractivity contribution in [3.05, 3.63) is 74.2 Å². The van der Waals surface area contributed by atoms with Gasteiger partial charge in [0.2, 0.25) is 0 Å². The molecule has 1 aliphatic rings. The van der Waals surface area contributed by atoms with Crippen LogP contribution in [0.3, 0.4) is 0 Å². The molecule has 0 spiro atoms. The molecule has 1 N–H and O–H groups in total. The molecule has 1 saturated heterocycles. The highest BCUT2D eigenvalue weighted by Gasteiger charge is 2.25. The lowest BCUT2D eigenvalue weighted by atomic mass is 9.92. The highest BCUT2D eigenvalue weighted by molar-refractivity contribution is 7.92. The molecule has 0 aliphatic carbocycles. The van der Waals surface area contributed by atoms with Crippen LogP contribution in [-0.4, -0.2) is 27.3 Å². The van der Waals surface area contributed by atoms with Crippen molar-refractivity contribution >= 4 is 38.5 Å². The Morgan fingerprint density at radius 1 is 1.03 bits per heavy atom. The number of hydrogen-bond donors (Lipinski definition) is 1. The van der Waals surface area contributed by atoms with Crippen molar-refractivity contribution in [2.45, 2.75) is 58.3 Å². The van der Waals surface area contributed by atoms with E-state index in [9.17, 15) is 17.6 Å². The summed E-state index contributed by atoms with van der Waals surface area (Å²) in [6.07, 6.45) is 3.78. The Labute approximate surface area is 211 Å². The number of nitrogens with zero attached hydrogens (tertiary/aromatic N) is 1. The monoisotopic (exact) mass is 514 g/mol. The van der Waals surface area contributed by atoms with E-state index < -0.39 is 15.8 Å². The summed E-state index contributed by atoms with van der Waals surface area (Å²) in [4.78, 5) is 16.1. The van der Waals surface area contributed by atoms with Gasteiger partial charge in [0.25, 0.3) is 10.0 Å². The van der Waals surface area contributed by atoms with Crippen LogP contribution in [-0.2, 0) is 16.4 Å². The van der Waals surface area contributed by atoms with Gasteiger partial charge in [-0.3, -0.25) is 9.52 Å². The third-order valence-electron chi connectivity index (χ3n) is 6.77. The largest absolute Gasteiger partial charge is 0.371 e. The number of nitrogens with one attached hydrogen (secondary N) is 1. The van der Waals surface area contributed by atoms with Crippen molar-refractivity contribution < 1.29 is 17.6 Å². The van der Waals surface area contributed by atoms with Gasteiger partial charge in [-0.05, 0) is 92.8 Å². The second-order valence-electron chi connectivity index (χ2n) is 9.24. The normalized spacial score (nSPS) is 14.3. The van der Waals surface area contributed by atoms with E-state index in [0.29, 0.717) is 4.88 Å². The number of carbonyl (C=O) groups excluding carboxylic acids is 1. The highest BCUT2D eigenvalue weighted by atomic mass is 32.2. The predicted molar refractivity (Wildman–Crippen MR) is 141 cm³/mol. The van der Waals surface area contributed by atoms with Crippen molar-refractivity contribution in [3.8, 4) is 0 Å². The van der Waals surface area contributed by atoms with Gasteiger partial charge < -0.3 is 4.90 Å².